The van der Waals surface area contributed by atoms with Crippen molar-refractivity contribution in [3.05, 3.63) is 93.0 Å². The molecule has 2 N–H and O–H groups in total. The van der Waals surface area contributed by atoms with Gasteiger partial charge >= 0.3 is 5.97 Å². The molecule has 0 bridgehead atoms. The second-order valence-corrected chi connectivity index (χ2v) is 10.0. The summed E-state index contributed by atoms with van der Waals surface area (Å²) in [5, 5.41) is 12.4. The van der Waals surface area contributed by atoms with Gasteiger partial charge in [0.2, 0.25) is 11.8 Å². The molecule has 1 fully saturated rings. The average Bonchev–Trinajstić information content (AvgIpc) is 3.17. The van der Waals surface area contributed by atoms with Crippen LogP contribution >= 0.6 is 34.8 Å². The molecular formula is C27H25Cl3N2O5. The lowest BCUT2D eigenvalue weighted by molar-refractivity contribution is -0.118. The summed E-state index contributed by atoms with van der Waals surface area (Å²) in [4.78, 5) is 25.6. The van der Waals surface area contributed by atoms with Gasteiger partial charge in [-0.3, -0.25) is 10.2 Å². The Balaban J connectivity index is 1.50. The van der Waals surface area contributed by atoms with Crippen molar-refractivity contribution >= 4 is 52.6 Å². The van der Waals surface area contributed by atoms with Crippen molar-refractivity contribution in [1.29, 1.82) is 5.41 Å². The fourth-order valence-corrected chi connectivity index (χ4v) is 4.52. The molecule has 2 aromatic carbocycles. The third kappa shape index (κ3) is 6.93. The van der Waals surface area contributed by atoms with Crippen molar-refractivity contribution in [2.45, 2.75) is 43.6 Å². The number of rotatable bonds is 7. The van der Waals surface area contributed by atoms with Gasteiger partial charge in [-0.1, -0.05) is 58.6 Å². The number of carbonyl (C=O) groups excluding carboxylic acids is 2. The highest BCUT2D eigenvalue weighted by atomic mass is 35.5. The molecule has 0 radical (unpaired) electrons. The zero-order valence-electron chi connectivity index (χ0n) is 19.9. The van der Waals surface area contributed by atoms with Crippen LogP contribution in [-0.2, 0) is 19.0 Å². The first-order chi connectivity index (χ1) is 17.7. The fraction of sp³-hybridized carbons (Fsp3) is 0.296. The maximum atomic E-state index is 13.0. The molecule has 1 saturated heterocycles. The van der Waals surface area contributed by atoms with E-state index in [1.165, 1.54) is 0 Å². The normalized spacial score (nSPS) is 23.0. The molecule has 194 valence electrons. The predicted molar refractivity (Wildman–Crippen MR) is 142 cm³/mol. The summed E-state index contributed by atoms with van der Waals surface area (Å²) in [7, 11) is 0. The number of esters is 1. The molecule has 4 rings (SSSR count). The Hall–Kier alpha value is -2.84. The van der Waals surface area contributed by atoms with Gasteiger partial charge in [0.15, 0.2) is 17.8 Å². The van der Waals surface area contributed by atoms with Gasteiger partial charge < -0.3 is 19.5 Å². The predicted octanol–water partition coefficient (Wildman–Crippen LogP) is 5.51. The van der Waals surface area contributed by atoms with Crippen LogP contribution in [0.2, 0.25) is 5.02 Å². The number of carbonyl (C=O) groups is 2. The van der Waals surface area contributed by atoms with E-state index in [4.69, 9.17) is 54.4 Å². The lowest BCUT2D eigenvalue weighted by atomic mass is 10.0. The standard InChI is InChI=1S/C27H25Cl3N2O5/c1-15-2-4-18(5-3-15)27(34)37-22-21(14-32-26(33)17-8-12-20(29)13-9-17)35-24(30)23(22)36-25(31)16-6-10-19(28)11-7-16/h2-8,10-12,21-24,31H,9,13-14H2,1H3,(H,32,33). The summed E-state index contributed by atoms with van der Waals surface area (Å²) in [6, 6.07) is 13.4. The van der Waals surface area contributed by atoms with Gasteiger partial charge in [-0.25, -0.2) is 4.79 Å². The van der Waals surface area contributed by atoms with Crippen molar-refractivity contribution in [3.8, 4) is 0 Å². The Labute approximate surface area is 229 Å². The van der Waals surface area contributed by atoms with Crippen LogP contribution in [0.1, 0.15) is 34.3 Å². The molecule has 0 saturated carbocycles. The maximum Gasteiger partial charge on any atom is 0.338 e. The average molecular weight is 564 g/mol. The van der Waals surface area contributed by atoms with Crippen LogP contribution in [0.5, 0.6) is 0 Å². The smallest absolute Gasteiger partial charge is 0.338 e. The number of nitrogens with one attached hydrogen (secondary N) is 2. The maximum absolute atomic E-state index is 13.0. The topological polar surface area (TPSA) is 97.7 Å². The number of allylic oxidation sites excluding steroid dienone is 3. The summed E-state index contributed by atoms with van der Waals surface area (Å²) in [6.45, 7) is 1.92. The van der Waals surface area contributed by atoms with E-state index < -0.39 is 29.8 Å². The van der Waals surface area contributed by atoms with Crippen LogP contribution < -0.4 is 5.32 Å². The Kier molecular flexibility index (Phi) is 8.92. The number of aryl methyl sites for hydroxylation is 1. The molecule has 1 heterocycles. The minimum absolute atomic E-state index is 0.0107. The molecule has 4 atom stereocenters. The molecule has 2 aromatic rings. The second kappa shape index (κ2) is 12.1. The summed E-state index contributed by atoms with van der Waals surface area (Å²) >= 11 is 18.4. The van der Waals surface area contributed by atoms with Gasteiger partial charge in [0.05, 0.1) is 5.56 Å². The van der Waals surface area contributed by atoms with Crippen molar-refractivity contribution < 1.29 is 23.8 Å². The second-order valence-electron chi connectivity index (χ2n) is 8.70. The highest BCUT2D eigenvalue weighted by Gasteiger charge is 2.49. The van der Waals surface area contributed by atoms with Gasteiger partial charge in [-0.15, -0.1) is 0 Å². The Morgan fingerprint density at radius 1 is 0.973 bits per heavy atom. The highest BCUT2D eigenvalue weighted by molar-refractivity contribution is 6.30. The summed E-state index contributed by atoms with van der Waals surface area (Å²) in [5.74, 6) is -1.07. The minimum atomic E-state index is -1.04. The van der Waals surface area contributed by atoms with Crippen molar-refractivity contribution in [1.82, 2.24) is 5.32 Å². The number of benzene rings is 2. The lowest BCUT2D eigenvalue weighted by Crippen LogP contribution is -2.44. The lowest BCUT2D eigenvalue weighted by Gasteiger charge is -2.24. The van der Waals surface area contributed by atoms with E-state index in [0.717, 1.165) is 5.56 Å². The van der Waals surface area contributed by atoms with Crippen LogP contribution in [0.4, 0.5) is 0 Å². The third-order valence-electron chi connectivity index (χ3n) is 6.00. The monoisotopic (exact) mass is 562 g/mol. The van der Waals surface area contributed by atoms with Crippen molar-refractivity contribution in [2.24, 2.45) is 0 Å². The van der Waals surface area contributed by atoms with E-state index in [-0.39, 0.29) is 18.3 Å². The molecule has 37 heavy (non-hydrogen) atoms. The number of alkyl halides is 1. The summed E-state index contributed by atoms with van der Waals surface area (Å²) in [6.07, 6.45) is 1.65. The van der Waals surface area contributed by atoms with Gasteiger partial charge in [0.25, 0.3) is 0 Å². The Bertz CT molecular complexity index is 1230. The molecular weight excluding hydrogens is 539 g/mol. The first kappa shape index (κ1) is 27.2. The molecule has 0 aromatic heterocycles. The zero-order chi connectivity index (χ0) is 26.5. The molecule has 1 aliphatic carbocycles. The van der Waals surface area contributed by atoms with Crippen molar-refractivity contribution in [2.75, 3.05) is 6.54 Å². The minimum Gasteiger partial charge on any atom is -0.466 e. The number of ether oxygens (including phenoxy) is 3. The van der Waals surface area contributed by atoms with Crippen molar-refractivity contribution in [3.63, 3.8) is 0 Å². The van der Waals surface area contributed by atoms with Crippen LogP contribution in [0.3, 0.4) is 0 Å². The van der Waals surface area contributed by atoms with E-state index in [9.17, 15) is 9.59 Å². The Morgan fingerprint density at radius 2 is 1.65 bits per heavy atom. The van der Waals surface area contributed by atoms with E-state index in [0.29, 0.717) is 39.6 Å². The van der Waals surface area contributed by atoms with Crippen LogP contribution in [0.25, 0.3) is 0 Å². The first-order valence-electron chi connectivity index (χ1n) is 11.6. The molecule has 4 unspecified atom stereocenters. The van der Waals surface area contributed by atoms with Crippen LogP contribution in [0.15, 0.2) is 71.3 Å². The molecule has 2 aliphatic rings. The van der Waals surface area contributed by atoms with Crippen LogP contribution in [-0.4, -0.2) is 48.2 Å². The number of hydrogen-bond acceptors (Lipinski definition) is 6. The van der Waals surface area contributed by atoms with E-state index in [1.807, 2.05) is 6.92 Å². The molecule has 0 spiro atoms. The number of hydrogen-bond donors (Lipinski definition) is 2. The molecule has 1 amide bonds. The number of amides is 1. The van der Waals surface area contributed by atoms with Gasteiger partial charge in [-0.2, -0.15) is 0 Å². The van der Waals surface area contributed by atoms with Gasteiger partial charge in [0, 0.05) is 27.7 Å². The van der Waals surface area contributed by atoms with Crippen LogP contribution in [0, 0.1) is 12.3 Å². The summed E-state index contributed by atoms with van der Waals surface area (Å²) in [5.41, 5.74) is 1.34. The summed E-state index contributed by atoms with van der Waals surface area (Å²) < 4.78 is 17.5. The van der Waals surface area contributed by atoms with E-state index in [2.05, 4.69) is 5.32 Å². The largest absolute Gasteiger partial charge is 0.466 e. The molecule has 10 heteroatoms. The fourth-order valence-electron chi connectivity index (χ4n) is 3.90. The highest BCUT2D eigenvalue weighted by Crippen LogP contribution is 2.31. The molecule has 7 nitrogen and oxygen atoms in total. The SMILES string of the molecule is Cc1ccc(C(=O)OC2C(CNC(=O)C3=CC=C(Cl)CC3)OC(Cl)C2OC(=N)c2ccc(Cl)cc2)cc1. The van der Waals surface area contributed by atoms with E-state index in [1.54, 1.807) is 60.7 Å². The van der Waals surface area contributed by atoms with Gasteiger partial charge in [-0.05, 0) is 62.2 Å². The first-order valence-corrected chi connectivity index (χ1v) is 12.8. The Morgan fingerprint density at radius 3 is 2.30 bits per heavy atom. The quantitative estimate of drug-likeness (QED) is 0.200. The third-order valence-corrected chi connectivity index (χ3v) is 6.92. The van der Waals surface area contributed by atoms with E-state index >= 15 is 0 Å². The zero-order valence-corrected chi connectivity index (χ0v) is 22.1. The molecule has 1 aliphatic heterocycles. The number of halogens is 3. The van der Waals surface area contributed by atoms with Gasteiger partial charge in [0.1, 0.15) is 6.10 Å².